The van der Waals surface area contributed by atoms with Crippen LogP contribution in [0.2, 0.25) is 5.02 Å². The lowest BCUT2D eigenvalue weighted by Crippen LogP contribution is -1.89. The van der Waals surface area contributed by atoms with Crippen molar-refractivity contribution in [3.63, 3.8) is 0 Å². The Labute approximate surface area is 82.4 Å². The van der Waals surface area contributed by atoms with Gasteiger partial charge >= 0.3 is 0 Å². The summed E-state index contributed by atoms with van der Waals surface area (Å²) in [6, 6.07) is 6.62. The molecule has 1 rings (SSSR count). The van der Waals surface area contributed by atoms with Crippen LogP contribution in [0.15, 0.2) is 29.3 Å². The first-order valence-corrected chi connectivity index (χ1v) is 4.04. The number of aliphatic imine (C=N–C) groups is 1. The van der Waals surface area contributed by atoms with E-state index in [0.717, 1.165) is 0 Å². The molecule has 3 nitrogen and oxygen atoms in total. The SMILES string of the molecule is CNC.O=C=Nc1ccc(Cl)cc1. The van der Waals surface area contributed by atoms with Crippen LogP contribution >= 0.6 is 11.6 Å². The van der Waals surface area contributed by atoms with Crippen LogP contribution in [0, 0.1) is 0 Å². The van der Waals surface area contributed by atoms with Gasteiger partial charge in [0.05, 0.1) is 5.69 Å². The third-order valence-electron chi connectivity index (χ3n) is 1.00. The van der Waals surface area contributed by atoms with E-state index < -0.39 is 0 Å². The fourth-order valence-electron chi connectivity index (χ4n) is 0.568. The molecule has 0 unspecified atom stereocenters. The molecule has 1 aromatic carbocycles. The minimum Gasteiger partial charge on any atom is -0.323 e. The smallest absolute Gasteiger partial charge is 0.240 e. The molecule has 4 heteroatoms. The number of halogens is 1. The van der Waals surface area contributed by atoms with Crippen molar-refractivity contribution in [2.75, 3.05) is 14.1 Å². The Bertz CT molecular complexity index is 278. The molecule has 0 aliphatic heterocycles. The highest BCUT2D eigenvalue weighted by Crippen LogP contribution is 2.14. The Morgan fingerprint density at radius 1 is 1.31 bits per heavy atom. The predicted molar refractivity (Wildman–Crippen MR) is 54.2 cm³/mol. The standard InChI is InChI=1S/C7H4ClNO.C2H7N/c8-6-1-3-7(4-2-6)9-5-10;1-3-2/h1-4H;3H,1-2H3. The summed E-state index contributed by atoms with van der Waals surface area (Å²) in [5, 5.41) is 3.38. The molecule has 70 valence electrons. The van der Waals surface area contributed by atoms with Gasteiger partial charge in [0.1, 0.15) is 0 Å². The maximum atomic E-state index is 9.73. The van der Waals surface area contributed by atoms with Crippen LogP contribution in [-0.2, 0) is 4.79 Å². The molecule has 0 radical (unpaired) electrons. The van der Waals surface area contributed by atoms with Crippen molar-refractivity contribution < 1.29 is 4.79 Å². The van der Waals surface area contributed by atoms with E-state index in [4.69, 9.17) is 11.6 Å². The van der Waals surface area contributed by atoms with Crippen molar-refractivity contribution >= 4 is 23.4 Å². The molecule has 0 spiro atoms. The molecule has 0 bridgehead atoms. The number of nitrogens with zero attached hydrogens (tertiary/aromatic N) is 1. The summed E-state index contributed by atoms with van der Waals surface area (Å²) in [6.07, 6.45) is 1.44. The molecule has 0 amide bonds. The van der Waals surface area contributed by atoms with Gasteiger partial charge in [-0.05, 0) is 38.4 Å². The lowest BCUT2D eigenvalue weighted by atomic mass is 10.3. The summed E-state index contributed by atoms with van der Waals surface area (Å²) < 4.78 is 0. The van der Waals surface area contributed by atoms with Crippen LogP contribution in [0.4, 0.5) is 5.69 Å². The molecule has 0 aromatic heterocycles. The summed E-state index contributed by atoms with van der Waals surface area (Å²) in [7, 11) is 3.75. The van der Waals surface area contributed by atoms with Gasteiger partial charge in [-0.15, -0.1) is 0 Å². The van der Waals surface area contributed by atoms with Crippen molar-refractivity contribution in [2.45, 2.75) is 0 Å². The summed E-state index contributed by atoms with van der Waals surface area (Å²) in [6.45, 7) is 0. The molecule has 0 heterocycles. The van der Waals surface area contributed by atoms with E-state index in [1.807, 2.05) is 14.1 Å². The highest BCUT2D eigenvalue weighted by molar-refractivity contribution is 6.30. The number of isocyanates is 1. The van der Waals surface area contributed by atoms with Crippen LogP contribution in [0.3, 0.4) is 0 Å². The molecule has 0 fully saturated rings. The second kappa shape index (κ2) is 7.50. The third kappa shape index (κ3) is 6.05. The summed E-state index contributed by atoms with van der Waals surface area (Å²) in [5.74, 6) is 0. The summed E-state index contributed by atoms with van der Waals surface area (Å²) >= 11 is 5.57. The Balaban J connectivity index is 0.000000424. The lowest BCUT2D eigenvalue weighted by molar-refractivity contribution is 0.565. The van der Waals surface area contributed by atoms with Crippen molar-refractivity contribution in [3.05, 3.63) is 29.3 Å². The average Bonchev–Trinajstić information content (AvgIpc) is 2.11. The predicted octanol–water partition coefficient (Wildman–Crippen LogP) is 2.14. The van der Waals surface area contributed by atoms with Crippen LogP contribution in [0.25, 0.3) is 0 Å². The van der Waals surface area contributed by atoms with Crippen molar-refractivity contribution in [3.8, 4) is 0 Å². The Kier molecular flexibility index (Phi) is 6.83. The molecule has 0 aliphatic rings. The number of carbonyl (C=O) groups excluding carboxylic acids is 1. The Morgan fingerprint density at radius 3 is 2.15 bits per heavy atom. The molecule has 13 heavy (non-hydrogen) atoms. The monoisotopic (exact) mass is 198 g/mol. The highest BCUT2D eigenvalue weighted by Gasteiger charge is 1.86. The van der Waals surface area contributed by atoms with Crippen LogP contribution in [0.1, 0.15) is 0 Å². The van der Waals surface area contributed by atoms with E-state index in [9.17, 15) is 4.79 Å². The highest BCUT2D eigenvalue weighted by atomic mass is 35.5. The van der Waals surface area contributed by atoms with Gasteiger partial charge in [0.25, 0.3) is 0 Å². The lowest BCUT2D eigenvalue weighted by Gasteiger charge is -1.88. The van der Waals surface area contributed by atoms with E-state index in [-0.39, 0.29) is 0 Å². The van der Waals surface area contributed by atoms with Crippen LogP contribution < -0.4 is 5.32 Å². The number of hydrogen-bond donors (Lipinski definition) is 1. The van der Waals surface area contributed by atoms with E-state index >= 15 is 0 Å². The van der Waals surface area contributed by atoms with Gasteiger partial charge in [-0.25, -0.2) is 4.79 Å². The Morgan fingerprint density at radius 2 is 1.77 bits per heavy atom. The number of nitrogens with one attached hydrogen (secondary N) is 1. The quantitative estimate of drug-likeness (QED) is 0.555. The van der Waals surface area contributed by atoms with Gasteiger partial charge in [-0.2, -0.15) is 4.99 Å². The van der Waals surface area contributed by atoms with Gasteiger partial charge in [0.2, 0.25) is 6.08 Å². The van der Waals surface area contributed by atoms with E-state index in [1.165, 1.54) is 6.08 Å². The fraction of sp³-hybridized carbons (Fsp3) is 0.222. The minimum absolute atomic E-state index is 0.569. The second-order valence-electron chi connectivity index (χ2n) is 2.18. The van der Waals surface area contributed by atoms with Gasteiger partial charge in [0.15, 0.2) is 0 Å². The first-order valence-electron chi connectivity index (χ1n) is 3.66. The summed E-state index contributed by atoms with van der Waals surface area (Å²) in [5.41, 5.74) is 0.569. The topological polar surface area (TPSA) is 41.5 Å². The Hall–Kier alpha value is -1.15. The summed E-state index contributed by atoms with van der Waals surface area (Å²) in [4.78, 5) is 13.1. The van der Waals surface area contributed by atoms with E-state index in [1.54, 1.807) is 24.3 Å². The molecular weight excluding hydrogens is 188 g/mol. The average molecular weight is 199 g/mol. The van der Waals surface area contributed by atoms with Gasteiger partial charge in [-0.3, -0.25) is 0 Å². The van der Waals surface area contributed by atoms with Crippen molar-refractivity contribution in [1.82, 2.24) is 5.32 Å². The van der Waals surface area contributed by atoms with E-state index in [2.05, 4.69) is 10.3 Å². The molecular formula is C9H11ClN2O. The first-order chi connectivity index (χ1) is 6.24. The molecule has 1 aromatic rings. The zero-order chi connectivity index (χ0) is 10.1. The number of hydrogen-bond acceptors (Lipinski definition) is 3. The number of benzene rings is 1. The van der Waals surface area contributed by atoms with Crippen LogP contribution in [-0.4, -0.2) is 20.2 Å². The maximum Gasteiger partial charge on any atom is 0.240 e. The molecule has 0 saturated heterocycles. The van der Waals surface area contributed by atoms with Crippen molar-refractivity contribution in [2.24, 2.45) is 4.99 Å². The zero-order valence-corrected chi connectivity index (χ0v) is 8.30. The van der Waals surface area contributed by atoms with Crippen LogP contribution in [0.5, 0.6) is 0 Å². The van der Waals surface area contributed by atoms with Gasteiger partial charge in [-0.1, -0.05) is 11.6 Å². The van der Waals surface area contributed by atoms with Gasteiger partial charge < -0.3 is 5.32 Å². The van der Waals surface area contributed by atoms with E-state index in [0.29, 0.717) is 10.7 Å². The second-order valence-corrected chi connectivity index (χ2v) is 2.62. The molecule has 0 aliphatic carbocycles. The normalized spacial score (nSPS) is 7.92. The number of rotatable bonds is 1. The third-order valence-corrected chi connectivity index (χ3v) is 1.25. The maximum absolute atomic E-state index is 9.73. The zero-order valence-electron chi connectivity index (χ0n) is 7.54. The first kappa shape index (κ1) is 11.8. The molecule has 0 atom stereocenters. The molecule has 0 saturated carbocycles. The minimum atomic E-state index is 0.569. The van der Waals surface area contributed by atoms with Gasteiger partial charge in [0, 0.05) is 5.02 Å². The largest absolute Gasteiger partial charge is 0.323 e. The fourth-order valence-corrected chi connectivity index (χ4v) is 0.694. The van der Waals surface area contributed by atoms with Crippen molar-refractivity contribution in [1.29, 1.82) is 0 Å². The molecule has 1 N–H and O–H groups in total.